The molecule has 0 aliphatic carbocycles. The normalized spacial score (nSPS) is 10.6. The molecular formula is C15H11F3O. The largest absolute Gasteiger partial charge is 0.288 e. The van der Waals surface area contributed by atoms with Gasteiger partial charge in [-0.2, -0.15) is 0 Å². The molecule has 0 aliphatic heterocycles. The second-order valence-electron chi connectivity index (χ2n) is 4.34. The van der Waals surface area contributed by atoms with Crippen LogP contribution in [0.15, 0.2) is 30.3 Å². The Morgan fingerprint density at radius 3 is 2.26 bits per heavy atom. The Hall–Kier alpha value is -2.10. The van der Waals surface area contributed by atoms with Crippen LogP contribution in [-0.2, 0) is 0 Å². The average Bonchev–Trinajstić information content (AvgIpc) is 2.34. The van der Waals surface area contributed by atoms with E-state index in [0.717, 1.165) is 18.2 Å². The molecule has 0 aliphatic rings. The van der Waals surface area contributed by atoms with Crippen LogP contribution in [0.1, 0.15) is 27.0 Å². The molecule has 0 atom stereocenters. The van der Waals surface area contributed by atoms with Crippen LogP contribution in [0.25, 0.3) is 0 Å². The van der Waals surface area contributed by atoms with Gasteiger partial charge in [0.05, 0.1) is 5.56 Å². The van der Waals surface area contributed by atoms with Crippen molar-refractivity contribution in [3.05, 3.63) is 70.0 Å². The van der Waals surface area contributed by atoms with Crippen molar-refractivity contribution in [1.29, 1.82) is 0 Å². The van der Waals surface area contributed by atoms with Crippen LogP contribution >= 0.6 is 0 Å². The highest BCUT2D eigenvalue weighted by atomic mass is 19.1. The zero-order valence-electron chi connectivity index (χ0n) is 10.4. The number of aryl methyl sites for hydroxylation is 2. The van der Waals surface area contributed by atoms with Crippen molar-refractivity contribution in [2.24, 2.45) is 0 Å². The maximum Gasteiger partial charge on any atom is 0.199 e. The lowest BCUT2D eigenvalue weighted by Crippen LogP contribution is -2.10. The number of ketones is 1. The SMILES string of the molecule is Cc1cc(F)ccc1C(=O)c1c(F)ccc(C)c1F. The number of carbonyl (C=O) groups is 1. The van der Waals surface area contributed by atoms with E-state index in [1.807, 2.05) is 0 Å². The molecule has 4 heteroatoms. The Kier molecular flexibility index (Phi) is 3.42. The summed E-state index contributed by atoms with van der Waals surface area (Å²) in [5.41, 5.74) is 0.00864. The van der Waals surface area contributed by atoms with Crippen LogP contribution in [0.3, 0.4) is 0 Å². The van der Waals surface area contributed by atoms with E-state index in [9.17, 15) is 18.0 Å². The summed E-state index contributed by atoms with van der Waals surface area (Å²) in [6.45, 7) is 2.96. The van der Waals surface area contributed by atoms with Gasteiger partial charge in [-0.15, -0.1) is 0 Å². The van der Waals surface area contributed by atoms with E-state index in [4.69, 9.17) is 0 Å². The highest BCUT2D eigenvalue weighted by Crippen LogP contribution is 2.22. The van der Waals surface area contributed by atoms with Crippen molar-refractivity contribution in [1.82, 2.24) is 0 Å². The maximum absolute atomic E-state index is 13.9. The second kappa shape index (κ2) is 4.88. The van der Waals surface area contributed by atoms with Crippen molar-refractivity contribution >= 4 is 5.78 Å². The molecule has 0 saturated heterocycles. The number of carbonyl (C=O) groups excluding carboxylic acids is 1. The fraction of sp³-hybridized carbons (Fsp3) is 0.133. The number of hydrogen-bond donors (Lipinski definition) is 0. The molecule has 19 heavy (non-hydrogen) atoms. The van der Waals surface area contributed by atoms with Gasteiger partial charge in [-0.1, -0.05) is 6.07 Å². The van der Waals surface area contributed by atoms with E-state index in [2.05, 4.69) is 0 Å². The third-order valence-electron chi connectivity index (χ3n) is 2.94. The quantitative estimate of drug-likeness (QED) is 0.750. The minimum atomic E-state index is -0.920. The minimum absolute atomic E-state index is 0.0878. The van der Waals surface area contributed by atoms with Crippen LogP contribution < -0.4 is 0 Å². The van der Waals surface area contributed by atoms with E-state index < -0.39 is 28.8 Å². The summed E-state index contributed by atoms with van der Waals surface area (Å²) >= 11 is 0. The van der Waals surface area contributed by atoms with Crippen molar-refractivity contribution < 1.29 is 18.0 Å². The highest BCUT2D eigenvalue weighted by Gasteiger charge is 2.21. The monoisotopic (exact) mass is 264 g/mol. The molecule has 0 bridgehead atoms. The first-order valence-corrected chi connectivity index (χ1v) is 5.67. The lowest BCUT2D eigenvalue weighted by molar-refractivity contribution is 0.103. The minimum Gasteiger partial charge on any atom is -0.288 e. The summed E-state index contributed by atoms with van der Waals surface area (Å²) in [7, 11) is 0. The molecule has 0 radical (unpaired) electrons. The third-order valence-corrected chi connectivity index (χ3v) is 2.94. The van der Waals surface area contributed by atoms with Gasteiger partial charge >= 0.3 is 0 Å². The van der Waals surface area contributed by atoms with Gasteiger partial charge in [0.1, 0.15) is 17.5 Å². The predicted molar refractivity (Wildman–Crippen MR) is 65.7 cm³/mol. The van der Waals surface area contributed by atoms with Crippen molar-refractivity contribution in [2.45, 2.75) is 13.8 Å². The average molecular weight is 264 g/mol. The Morgan fingerprint density at radius 2 is 1.63 bits per heavy atom. The maximum atomic E-state index is 13.9. The zero-order valence-corrected chi connectivity index (χ0v) is 10.4. The van der Waals surface area contributed by atoms with Crippen LogP contribution in [0.4, 0.5) is 13.2 Å². The van der Waals surface area contributed by atoms with E-state index >= 15 is 0 Å². The number of rotatable bonds is 2. The van der Waals surface area contributed by atoms with Gasteiger partial charge in [0.2, 0.25) is 0 Å². The smallest absolute Gasteiger partial charge is 0.199 e. The van der Waals surface area contributed by atoms with E-state index in [-0.39, 0.29) is 11.1 Å². The number of hydrogen-bond acceptors (Lipinski definition) is 1. The molecule has 2 aromatic carbocycles. The molecule has 0 N–H and O–H groups in total. The summed E-state index contributed by atoms with van der Waals surface area (Å²) in [5.74, 6) is -3.08. The van der Waals surface area contributed by atoms with Gasteiger partial charge in [-0.3, -0.25) is 4.79 Å². The third kappa shape index (κ3) is 2.38. The molecule has 0 amide bonds. The second-order valence-corrected chi connectivity index (χ2v) is 4.34. The Labute approximate surface area is 108 Å². The molecule has 0 aromatic heterocycles. The molecule has 0 fully saturated rings. The first-order chi connectivity index (χ1) is 8.91. The van der Waals surface area contributed by atoms with Gasteiger partial charge in [-0.05, 0) is 49.2 Å². The van der Waals surface area contributed by atoms with Gasteiger partial charge < -0.3 is 0 Å². The summed E-state index contributed by atoms with van der Waals surface area (Å²) in [6, 6.07) is 5.78. The van der Waals surface area contributed by atoms with E-state index in [0.29, 0.717) is 5.56 Å². The first-order valence-electron chi connectivity index (χ1n) is 5.67. The van der Waals surface area contributed by atoms with Gasteiger partial charge in [-0.25, -0.2) is 13.2 Å². The van der Waals surface area contributed by atoms with E-state index in [1.165, 1.54) is 26.0 Å². The fourth-order valence-electron chi connectivity index (χ4n) is 1.88. The Balaban J connectivity index is 2.59. The summed E-state index contributed by atoms with van der Waals surface area (Å²) in [4.78, 5) is 12.2. The predicted octanol–water partition coefficient (Wildman–Crippen LogP) is 3.95. The fourth-order valence-corrected chi connectivity index (χ4v) is 1.88. The lowest BCUT2D eigenvalue weighted by Gasteiger charge is -2.08. The highest BCUT2D eigenvalue weighted by molar-refractivity contribution is 6.10. The lowest BCUT2D eigenvalue weighted by atomic mass is 9.97. The Morgan fingerprint density at radius 1 is 0.947 bits per heavy atom. The van der Waals surface area contributed by atoms with E-state index in [1.54, 1.807) is 0 Å². The summed E-state index contributed by atoms with van der Waals surface area (Å²) < 4.78 is 40.5. The molecule has 0 spiro atoms. The molecule has 2 aromatic rings. The number of benzene rings is 2. The van der Waals surface area contributed by atoms with Crippen LogP contribution in [0.2, 0.25) is 0 Å². The van der Waals surface area contributed by atoms with Crippen molar-refractivity contribution in [3.63, 3.8) is 0 Å². The Bertz CT molecular complexity index is 663. The standard InChI is InChI=1S/C15H11F3O/c1-8-3-6-12(17)13(14(8)18)15(19)11-5-4-10(16)7-9(11)2/h3-7H,1-2H3. The molecule has 1 nitrogen and oxygen atoms in total. The number of halogens is 3. The van der Waals surface area contributed by atoms with Crippen LogP contribution in [0, 0.1) is 31.3 Å². The van der Waals surface area contributed by atoms with Crippen LogP contribution in [0.5, 0.6) is 0 Å². The molecular weight excluding hydrogens is 253 g/mol. The van der Waals surface area contributed by atoms with Gasteiger partial charge in [0, 0.05) is 5.56 Å². The summed E-state index contributed by atoms with van der Waals surface area (Å²) in [5, 5.41) is 0. The molecule has 0 unspecified atom stereocenters. The van der Waals surface area contributed by atoms with Crippen molar-refractivity contribution in [3.8, 4) is 0 Å². The summed E-state index contributed by atoms with van der Waals surface area (Å²) in [6.07, 6.45) is 0. The molecule has 98 valence electrons. The van der Waals surface area contributed by atoms with Gasteiger partial charge in [0.15, 0.2) is 5.78 Å². The van der Waals surface area contributed by atoms with Crippen molar-refractivity contribution in [2.75, 3.05) is 0 Å². The zero-order chi connectivity index (χ0) is 14.2. The molecule has 2 rings (SSSR count). The molecule has 0 saturated carbocycles. The topological polar surface area (TPSA) is 17.1 Å². The van der Waals surface area contributed by atoms with Gasteiger partial charge in [0.25, 0.3) is 0 Å². The molecule has 0 heterocycles. The first kappa shape index (κ1) is 13.3. The van der Waals surface area contributed by atoms with Crippen LogP contribution in [-0.4, -0.2) is 5.78 Å².